The summed E-state index contributed by atoms with van der Waals surface area (Å²) in [5, 5.41) is 0. The normalized spacial score (nSPS) is 16.7. The molecule has 4 nitrogen and oxygen atoms in total. The van der Waals surface area contributed by atoms with E-state index in [-0.39, 0.29) is 24.3 Å². The van der Waals surface area contributed by atoms with Gasteiger partial charge in [0, 0.05) is 32.0 Å². The Kier molecular flexibility index (Phi) is 4.90. The van der Waals surface area contributed by atoms with E-state index >= 15 is 0 Å². The standard InChI is InChI=1S/C14H16F4N2O2/c15-10-5-9(14(16,17)18)6-12(7-10)22-11-1-3-20(4-2-11)13(21)8-19/h5-7,11H,1-4,8,19H2. The topological polar surface area (TPSA) is 55.6 Å². The molecule has 2 N–H and O–H groups in total. The number of likely N-dealkylation sites (tertiary alicyclic amines) is 1. The second-order valence-corrected chi connectivity index (χ2v) is 5.08. The molecule has 0 aliphatic carbocycles. The first-order valence-electron chi connectivity index (χ1n) is 6.82. The third kappa shape index (κ3) is 4.09. The van der Waals surface area contributed by atoms with Crippen LogP contribution in [-0.4, -0.2) is 36.5 Å². The minimum absolute atomic E-state index is 0.0790. The summed E-state index contributed by atoms with van der Waals surface area (Å²) in [7, 11) is 0. The SMILES string of the molecule is NCC(=O)N1CCC(Oc2cc(F)cc(C(F)(F)F)c2)CC1. The van der Waals surface area contributed by atoms with Gasteiger partial charge in [0.05, 0.1) is 12.1 Å². The summed E-state index contributed by atoms with van der Waals surface area (Å²) >= 11 is 0. The summed E-state index contributed by atoms with van der Waals surface area (Å²) in [5.41, 5.74) is 4.18. The molecule has 2 rings (SSSR count). The molecule has 1 aliphatic heterocycles. The smallest absolute Gasteiger partial charge is 0.416 e. The van der Waals surface area contributed by atoms with Crippen LogP contribution < -0.4 is 10.5 Å². The van der Waals surface area contributed by atoms with Crippen LogP contribution in [0, 0.1) is 5.82 Å². The minimum Gasteiger partial charge on any atom is -0.490 e. The molecule has 0 radical (unpaired) electrons. The van der Waals surface area contributed by atoms with Crippen LogP contribution in [0.25, 0.3) is 0 Å². The largest absolute Gasteiger partial charge is 0.490 e. The lowest BCUT2D eigenvalue weighted by atomic mass is 10.1. The van der Waals surface area contributed by atoms with Crippen molar-refractivity contribution in [2.24, 2.45) is 5.73 Å². The highest BCUT2D eigenvalue weighted by atomic mass is 19.4. The Bertz CT molecular complexity index is 540. The van der Waals surface area contributed by atoms with Gasteiger partial charge in [-0.2, -0.15) is 13.2 Å². The minimum atomic E-state index is -4.63. The fourth-order valence-corrected chi connectivity index (χ4v) is 2.34. The summed E-state index contributed by atoms with van der Waals surface area (Å²) in [4.78, 5) is 13.0. The Morgan fingerprint density at radius 3 is 2.45 bits per heavy atom. The Morgan fingerprint density at radius 2 is 1.91 bits per heavy atom. The number of alkyl halides is 3. The highest BCUT2D eigenvalue weighted by Gasteiger charge is 2.32. The highest BCUT2D eigenvalue weighted by Crippen LogP contribution is 2.33. The van der Waals surface area contributed by atoms with Gasteiger partial charge in [0.15, 0.2) is 0 Å². The summed E-state index contributed by atoms with van der Waals surface area (Å²) < 4.78 is 56.6. The number of nitrogens with zero attached hydrogens (tertiary/aromatic N) is 1. The van der Waals surface area contributed by atoms with Crippen LogP contribution >= 0.6 is 0 Å². The number of amides is 1. The van der Waals surface area contributed by atoms with Crippen LogP contribution in [0.3, 0.4) is 0 Å². The molecule has 0 unspecified atom stereocenters. The number of piperidine rings is 1. The van der Waals surface area contributed by atoms with E-state index < -0.39 is 17.6 Å². The van der Waals surface area contributed by atoms with Gasteiger partial charge < -0.3 is 15.4 Å². The molecule has 0 bridgehead atoms. The molecule has 0 saturated carbocycles. The Balaban J connectivity index is 2.00. The van der Waals surface area contributed by atoms with E-state index in [1.165, 1.54) is 0 Å². The maximum atomic E-state index is 13.3. The number of ether oxygens (including phenoxy) is 1. The highest BCUT2D eigenvalue weighted by molar-refractivity contribution is 5.78. The van der Waals surface area contributed by atoms with Crippen LogP contribution in [0.5, 0.6) is 5.75 Å². The van der Waals surface area contributed by atoms with Crippen molar-refractivity contribution in [1.82, 2.24) is 4.90 Å². The quantitative estimate of drug-likeness (QED) is 0.869. The van der Waals surface area contributed by atoms with Crippen LogP contribution in [-0.2, 0) is 11.0 Å². The van der Waals surface area contributed by atoms with Crippen LogP contribution in [0.4, 0.5) is 17.6 Å². The predicted molar refractivity (Wildman–Crippen MR) is 70.7 cm³/mol. The molecule has 22 heavy (non-hydrogen) atoms. The molecule has 1 aromatic rings. The number of hydrogen-bond acceptors (Lipinski definition) is 3. The lowest BCUT2D eigenvalue weighted by Gasteiger charge is -2.32. The molecular formula is C14H16F4N2O2. The molecule has 0 aromatic heterocycles. The molecular weight excluding hydrogens is 304 g/mol. The average molecular weight is 320 g/mol. The maximum Gasteiger partial charge on any atom is 0.416 e. The summed E-state index contributed by atoms with van der Waals surface area (Å²) in [6.07, 6.45) is -4.06. The van der Waals surface area contributed by atoms with E-state index in [1.807, 2.05) is 0 Å². The average Bonchev–Trinajstić information content (AvgIpc) is 2.45. The zero-order valence-corrected chi connectivity index (χ0v) is 11.7. The lowest BCUT2D eigenvalue weighted by molar-refractivity contribution is -0.138. The second-order valence-electron chi connectivity index (χ2n) is 5.08. The van der Waals surface area contributed by atoms with Crippen LogP contribution in [0.15, 0.2) is 18.2 Å². The van der Waals surface area contributed by atoms with Gasteiger partial charge in [-0.3, -0.25) is 4.79 Å². The van der Waals surface area contributed by atoms with Gasteiger partial charge in [-0.15, -0.1) is 0 Å². The van der Waals surface area contributed by atoms with E-state index in [2.05, 4.69) is 0 Å². The Labute approximate surface area is 124 Å². The van der Waals surface area contributed by atoms with Crippen LogP contribution in [0.1, 0.15) is 18.4 Å². The van der Waals surface area contributed by atoms with Crippen molar-refractivity contribution < 1.29 is 27.1 Å². The monoisotopic (exact) mass is 320 g/mol. The van der Waals surface area contributed by atoms with Gasteiger partial charge in [-0.05, 0) is 12.1 Å². The van der Waals surface area contributed by atoms with Gasteiger partial charge in [0.1, 0.15) is 17.7 Å². The first-order valence-corrected chi connectivity index (χ1v) is 6.82. The number of rotatable bonds is 3. The van der Waals surface area contributed by atoms with Crippen molar-refractivity contribution in [3.05, 3.63) is 29.6 Å². The molecule has 1 heterocycles. The van der Waals surface area contributed by atoms with Gasteiger partial charge >= 0.3 is 6.18 Å². The molecule has 1 aromatic carbocycles. The summed E-state index contributed by atoms with van der Waals surface area (Å²) in [6.45, 7) is 0.759. The van der Waals surface area contributed by atoms with E-state index in [0.717, 1.165) is 12.1 Å². The molecule has 8 heteroatoms. The molecule has 0 atom stereocenters. The zero-order valence-electron chi connectivity index (χ0n) is 11.7. The fraction of sp³-hybridized carbons (Fsp3) is 0.500. The Hall–Kier alpha value is -1.83. The first-order chi connectivity index (χ1) is 10.3. The van der Waals surface area contributed by atoms with Gasteiger partial charge in [0.2, 0.25) is 5.91 Å². The fourth-order valence-electron chi connectivity index (χ4n) is 2.34. The molecule has 0 spiro atoms. The maximum absolute atomic E-state index is 13.3. The molecule has 1 aliphatic rings. The van der Waals surface area contributed by atoms with Crippen molar-refractivity contribution in [2.45, 2.75) is 25.1 Å². The first kappa shape index (κ1) is 16.5. The van der Waals surface area contributed by atoms with E-state index in [1.54, 1.807) is 4.90 Å². The number of carbonyl (C=O) groups is 1. The summed E-state index contributed by atoms with van der Waals surface area (Å²) in [5.74, 6) is -1.33. The predicted octanol–water partition coefficient (Wildman–Crippen LogP) is 2.17. The number of hydrogen-bond donors (Lipinski definition) is 1. The number of benzene rings is 1. The third-order valence-electron chi connectivity index (χ3n) is 3.47. The second kappa shape index (κ2) is 6.51. The van der Waals surface area contributed by atoms with Crippen LogP contribution in [0.2, 0.25) is 0 Å². The van der Waals surface area contributed by atoms with Crippen molar-refractivity contribution in [3.8, 4) is 5.75 Å². The van der Waals surface area contributed by atoms with Gasteiger partial charge in [0.25, 0.3) is 0 Å². The number of halogens is 4. The molecule has 1 fully saturated rings. The Morgan fingerprint density at radius 1 is 1.27 bits per heavy atom. The molecule has 122 valence electrons. The van der Waals surface area contributed by atoms with Crippen molar-refractivity contribution in [1.29, 1.82) is 0 Å². The van der Waals surface area contributed by atoms with Gasteiger partial charge in [-0.1, -0.05) is 0 Å². The van der Waals surface area contributed by atoms with Gasteiger partial charge in [-0.25, -0.2) is 4.39 Å². The molecule has 1 saturated heterocycles. The lowest BCUT2D eigenvalue weighted by Crippen LogP contribution is -2.44. The van der Waals surface area contributed by atoms with E-state index in [0.29, 0.717) is 32.0 Å². The summed E-state index contributed by atoms with van der Waals surface area (Å²) in [6, 6.07) is 2.13. The number of nitrogens with two attached hydrogens (primary N) is 1. The van der Waals surface area contributed by atoms with E-state index in [9.17, 15) is 22.4 Å². The van der Waals surface area contributed by atoms with Crippen molar-refractivity contribution in [3.63, 3.8) is 0 Å². The zero-order chi connectivity index (χ0) is 16.3. The van der Waals surface area contributed by atoms with Crippen molar-refractivity contribution in [2.75, 3.05) is 19.6 Å². The van der Waals surface area contributed by atoms with Crippen molar-refractivity contribution >= 4 is 5.91 Å². The van der Waals surface area contributed by atoms with E-state index in [4.69, 9.17) is 10.5 Å². The number of carbonyl (C=O) groups excluding carboxylic acids is 1. The third-order valence-corrected chi connectivity index (χ3v) is 3.47. The molecule has 1 amide bonds.